The number of nitrogens with one attached hydrogen (secondary N) is 2. The highest BCUT2D eigenvalue weighted by molar-refractivity contribution is 7.12. The lowest BCUT2D eigenvalue weighted by atomic mass is 10.0. The van der Waals surface area contributed by atoms with Gasteiger partial charge in [0.1, 0.15) is 6.04 Å². The van der Waals surface area contributed by atoms with Crippen LogP contribution in [0.1, 0.15) is 24.9 Å². The van der Waals surface area contributed by atoms with Crippen LogP contribution < -0.4 is 5.32 Å². The summed E-state index contributed by atoms with van der Waals surface area (Å²) in [5.74, 6) is -0.374. The largest absolute Gasteiger partial charge is 0.361 e. The zero-order valence-electron chi connectivity index (χ0n) is 18.4. The van der Waals surface area contributed by atoms with E-state index in [-0.39, 0.29) is 17.7 Å². The van der Waals surface area contributed by atoms with Gasteiger partial charge in [-0.05, 0) is 34.5 Å². The molecule has 1 atom stereocenters. The van der Waals surface area contributed by atoms with Crippen LogP contribution >= 0.6 is 22.7 Å². The molecule has 4 heterocycles. The van der Waals surface area contributed by atoms with Gasteiger partial charge in [-0.3, -0.25) is 14.4 Å². The molecule has 3 aromatic heterocycles. The molecule has 9 heteroatoms. The molecule has 1 saturated heterocycles. The third-order valence-electron chi connectivity index (χ3n) is 6.06. The maximum Gasteiger partial charge on any atom is 0.264 e. The first-order chi connectivity index (χ1) is 16.6. The number of fused-ring (bicyclic) bond motifs is 1. The van der Waals surface area contributed by atoms with E-state index in [9.17, 15) is 14.4 Å². The molecule has 0 aliphatic carbocycles. The second kappa shape index (κ2) is 9.82. The van der Waals surface area contributed by atoms with Crippen LogP contribution in [0.2, 0.25) is 0 Å². The van der Waals surface area contributed by atoms with Gasteiger partial charge in [-0.1, -0.05) is 30.3 Å². The molecule has 1 aromatic carbocycles. The number of amides is 3. The Hall–Kier alpha value is -3.43. The predicted octanol–water partition coefficient (Wildman–Crippen LogP) is 3.62. The smallest absolute Gasteiger partial charge is 0.264 e. The number of benzene rings is 1. The fourth-order valence-electron chi connectivity index (χ4n) is 4.26. The van der Waals surface area contributed by atoms with E-state index < -0.39 is 6.04 Å². The number of aromatic amines is 1. The van der Waals surface area contributed by atoms with Gasteiger partial charge in [0.25, 0.3) is 11.8 Å². The summed E-state index contributed by atoms with van der Waals surface area (Å²) in [5.41, 5.74) is 1.97. The monoisotopic (exact) mass is 492 g/mol. The minimum Gasteiger partial charge on any atom is -0.361 e. The van der Waals surface area contributed by atoms with Crippen LogP contribution in [0.15, 0.2) is 65.5 Å². The van der Waals surface area contributed by atoms with Gasteiger partial charge in [0, 0.05) is 49.7 Å². The number of carbonyl (C=O) groups is 3. The zero-order chi connectivity index (χ0) is 23.5. The van der Waals surface area contributed by atoms with Crippen molar-refractivity contribution in [2.75, 3.05) is 26.2 Å². The SMILES string of the molecule is O=C(N[C@@H](Cc1c[nH]c2ccccc12)C(=O)N1CCN(C(=O)c2cccs2)CC1)c1cccs1. The molecule has 34 heavy (non-hydrogen) atoms. The Labute approximate surface area is 205 Å². The average Bonchev–Trinajstić information content (AvgIpc) is 3.65. The molecular weight excluding hydrogens is 468 g/mol. The summed E-state index contributed by atoms with van der Waals surface area (Å²) in [6.07, 6.45) is 2.29. The highest BCUT2D eigenvalue weighted by Gasteiger charge is 2.31. The third-order valence-corrected chi connectivity index (χ3v) is 7.78. The number of para-hydroxylation sites is 1. The van der Waals surface area contributed by atoms with Gasteiger partial charge in [0.15, 0.2) is 0 Å². The minimum atomic E-state index is -0.701. The number of H-pyrrole nitrogens is 1. The van der Waals surface area contributed by atoms with Gasteiger partial charge < -0.3 is 20.1 Å². The lowest BCUT2D eigenvalue weighted by molar-refractivity contribution is -0.134. The van der Waals surface area contributed by atoms with E-state index in [1.165, 1.54) is 22.7 Å². The first-order valence-electron chi connectivity index (χ1n) is 11.1. The first kappa shape index (κ1) is 22.4. The average molecular weight is 493 g/mol. The molecule has 0 radical (unpaired) electrons. The first-order valence-corrected chi connectivity index (χ1v) is 12.9. The number of thiophene rings is 2. The fraction of sp³-hybridized carbons (Fsp3) is 0.240. The quantitative estimate of drug-likeness (QED) is 0.431. The van der Waals surface area contributed by atoms with E-state index in [1.54, 1.807) is 15.9 Å². The van der Waals surface area contributed by atoms with Crippen LogP contribution in [0.3, 0.4) is 0 Å². The Morgan fingerprint density at radius 2 is 1.56 bits per heavy atom. The standard InChI is InChI=1S/C25H24N4O3S2/c30-23(21-7-3-13-33-21)27-20(15-17-16-26-19-6-2-1-5-18(17)19)24(31)28-9-11-29(12-10-28)25(32)22-8-4-14-34-22/h1-8,13-14,16,20,26H,9-12,15H2,(H,27,30)/t20-/m0/s1. The molecule has 1 aliphatic heterocycles. The summed E-state index contributed by atoms with van der Waals surface area (Å²) >= 11 is 2.77. The molecule has 5 rings (SSSR count). The van der Waals surface area contributed by atoms with Gasteiger partial charge in [0.2, 0.25) is 5.91 Å². The Morgan fingerprint density at radius 3 is 2.26 bits per heavy atom. The van der Waals surface area contributed by atoms with Crippen molar-refractivity contribution in [3.05, 3.63) is 80.8 Å². The van der Waals surface area contributed by atoms with Crippen molar-refractivity contribution in [1.82, 2.24) is 20.1 Å². The van der Waals surface area contributed by atoms with Crippen molar-refractivity contribution in [2.45, 2.75) is 12.5 Å². The third kappa shape index (κ3) is 4.62. The second-order valence-corrected chi connectivity index (χ2v) is 10.1. The molecular formula is C25H24N4O3S2. The molecule has 0 saturated carbocycles. The number of piperazine rings is 1. The summed E-state index contributed by atoms with van der Waals surface area (Å²) < 4.78 is 0. The number of hydrogen-bond acceptors (Lipinski definition) is 5. The van der Waals surface area contributed by atoms with E-state index in [1.807, 2.05) is 59.4 Å². The molecule has 4 aromatic rings. The van der Waals surface area contributed by atoms with E-state index >= 15 is 0 Å². The number of carbonyl (C=O) groups excluding carboxylic acids is 3. The number of rotatable bonds is 6. The van der Waals surface area contributed by atoms with Crippen LogP contribution in [-0.2, 0) is 11.2 Å². The summed E-state index contributed by atoms with van der Waals surface area (Å²) in [6, 6.07) is 14.5. The summed E-state index contributed by atoms with van der Waals surface area (Å²) in [4.78, 5) is 47.1. The van der Waals surface area contributed by atoms with Gasteiger partial charge in [-0.2, -0.15) is 0 Å². The predicted molar refractivity (Wildman–Crippen MR) is 134 cm³/mol. The van der Waals surface area contributed by atoms with Crippen LogP contribution in [-0.4, -0.2) is 64.7 Å². The van der Waals surface area contributed by atoms with Gasteiger partial charge >= 0.3 is 0 Å². The van der Waals surface area contributed by atoms with Crippen LogP contribution in [0.4, 0.5) is 0 Å². The number of aromatic nitrogens is 1. The Balaban J connectivity index is 1.31. The van der Waals surface area contributed by atoms with Crippen molar-refractivity contribution in [2.24, 2.45) is 0 Å². The number of nitrogens with zero attached hydrogens (tertiary/aromatic N) is 2. The second-order valence-electron chi connectivity index (χ2n) is 8.16. The molecule has 174 valence electrons. The molecule has 1 aliphatic rings. The van der Waals surface area contributed by atoms with Crippen molar-refractivity contribution >= 4 is 51.3 Å². The van der Waals surface area contributed by atoms with E-state index in [0.29, 0.717) is 42.4 Å². The van der Waals surface area contributed by atoms with Crippen LogP contribution in [0.25, 0.3) is 10.9 Å². The minimum absolute atomic E-state index is 0.00318. The summed E-state index contributed by atoms with van der Waals surface area (Å²) in [7, 11) is 0. The van der Waals surface area contributed by atoms with E-state index in [2.05, 4.69) is 10.3 Å². The topological polar surface area (TPSA) is 85.5 Å². The molecule has 1 fully saturated rings. The van der Waals surface area contributed by atoms with Crippen LogP contribution in [0.5, 0.6) is 0 Å². The normalized spacial score (nSPS) is 14.8. The highest BCUT2D eigenvalue weighted by Crippen LogP contribution is 2.21. The Morgan fingerprint density at radius 1 is 0.882 bits per heavy atom. The Bertz CT molecular complexity index is 1290. The van der Waals surface area contributed by atoms with Gasteiger partial charge in [-0.15, -0.1) is 22.7 Å². The lowest BCUT2D eigenvalue weighted by Crippen LogP contribution is -2.56. The Kier molecular flexibility index (Phi) is 6.46. The van der Waals surface area contributed by atoms with E-state index in [0.717, 1.165) is 16.5 Å². The maximum absolute atomic E-state index is 13.6. The van der Waals surface area contributed by atoms with Crippen molar-refractivity contribution in [1.29, 1.82) is 0 Å². The molecule has 0 bridgehead atoms. The van der Waals surface area contributed by atoms with Gasteiger partial charge in [-0.25, -0.2) is 0 Å². The van der Waals surface area contributed by atoms with Crippen LogP contribution in [0, 0.1) is 0 Å². The van der Waals surface area contributed by atoms with E-state index in [4.69, 9.17) is 0 Å². The fourth-order valence-corrected chi connectivity index (χ4v) is 5.58. The molecule has 0 spiro atoms. The zero-order valence-corrected chi connectivity index (χ0v) is 20.0. The molecule has 7 nitrogen and oxygen atoms in total. The van der Waals surface area contributed by atoms with Crippen molar-refractivity contribution in [3.8, 4) is 0 Å². The summed E-state index contributed by atoms with van der Waals surface area (Å²) in [6.45, 7) is 1.83. The number of hydrogen-bond donors (Lipinski definition) is 2. The summed E-state index contributed by atoms with van der Waals surface area (Å²) in [5, 5.41) is 7.73. The molecule has 2 N–H and O–H groups in total. The van der Waals surface area contributed by atoms with Gasteiger partial charge in [0.05, 0.1) is 9.75 Å². The highest BCUT2D eigenvalue weighted by atomic mass is 32.1. The van der Waals surface area contributed by atoms with Crippen molar-refractivity contribution in [3.63, 3.8) is 0 Å². The van der Waals surface area contributed by atoms with Crippen molar-refractivity contribution < 1.29 is 14.4 Å². The molecule has 3 amide bonds. The maximum atomic E-state index is 13.6. The molecule has 0 unspecified atom stereocenters. The lowest BCUT2D eigenvalue weighted by Gasteiger charge is -2.36.